The second kappa shape index (κ2) is 2.90. The average Bonchev–Trinajstić information content (AvgIpc) is 2.58. The monoisotopic (exact) mass is 153 g/mol. The largest absolute Gasteiger partial charge is 0.324 e. The van der Waals surface area contributed by atoms with Gasteiger partial charge in [-0.25, -0.2) is 0 Å². The van der Waals surface area contributed by atoms with Crippen LogP contribution in [0.2, 0.25) is 0 Å². The number of piperidine rings is 1. The van der Waals surface area contributed by atoms with Gasteiger partial charge in [-0.2, -0.15) is 4.98 Å². The standard InChI is InChI=1S/C7H11N3O/c1-2-4-10(5-3-1)7-8-6-9-11-7/h6H,1-5H2. The highest BCUT2D eigenvalue weighted by atomic mass is 16.5. The minimum Gasteiger partial charge on any atom is -0.324 e. The molecule has 0 radical (unpaired) electrons. The molecule has 0 unspecified atom stereocenters. The number of hydrogen-bond acceptors (Lipinski definition) is 4. The van der Waals surface area contributed by atoms with Crippen LogP contribution in [-0.2, 0) is 0 Å². The molecule has 0 N–H and O–H groups in total. The number of rotatable bonds is 1. The van der Waals surface area contributed by atoms with Crippen LogP contribution in [0.5, 0.6) is 0 Å². The Labute approximate surface area is 65.2 Å². The van der Waals surface area contributed by atoms with Crippen molar-refractivity contribution in [2.24, 2.45) is 0 Å². The second-order valence-corrected chi connectivity index (χ2v) is 2.77. The lowest BCUT2D eigenvalue weighted by molar-refractivity contribution is 0.401. The van der Waals surface area contributed by atoms with Gasteiger partial charge < -0.3 is 9.42 Å². The van der Waals surface area contributed by atoms with Crippen molar-refractivity contribution in [1.82, 2.24) is 10.1 Å². The predicted octanol–water partition coefficient (Wildman–Crippen LogP) is 1.06. The van der Waals surface area contributed by atoms with Gasteiger partial charge in [0.05, 0.1) is 0 Å². The molecule has 1 aromatic rings. The summed E-state index contributed by atoms with van der Waals surface area (Å²) in [5.41, 5.74) is 0. The fourth-order valence-corrected chi connectivity index (χ4v) is 1.39. The highest BCUT2D eigenvalue weighted by Gasteiger charge is 2.14. The van der Waals surface area contributed by atoms with E-state index in [-0.39, 0.29) is 0 Å². The summed E-state index contributed by atoms with van der Waals surface area (Å²) in [6, 6.07) is 0.671. The topological polar surface area (TPSA) is 42.2 Å². The van der Waals surface area contributed by atoms with E-state index in [0.717, 1.165) is 13.1 Å². The molecule has 60 valence electrons. The van der Waals surface area contributed by atoms with Gasteiger partial charge in [-0.3, -0.25) is 0 Å². The maximum atomic E-state index is 4.94. The average molecular weight is 153 g/mol. The van der Waals surface area contributed by atoms with Crippen molar-refractivity contribution in [1.29, 1.82) is 0 Å². The zero-order chi connectivity index (χ0) is 7.52. The van der Waals surface area contributed by atoms with Crippen LogP contribution < -0.4 is 4.90 Å². The fourth-order valence-electron chi connectivity index (χ4n) is 1.39. The summed E-state index contributed by atoms with van der Waals surface area (Å²) in [4.78, 5) is 6.12. The summed E-state index contributed by atoms with van der Waals surface area (Å²) < 4.78 is 4.94. The summed E-state index contributed by atoms with van der Waals surface area (Å²) in [6.07, 6.45) is 5.25. The van der Waals surface area contributed by atoms with Crippen LogP contribution in [0.15, 0.2) is 10.9 Å². The van der Waals surface area contributed by atoms with Crippen molar-refractivity contribution in [2.75, 3.05) is 18.0 Å². The first-order valence-electron chi connectivity index (χ1n) is 3.98. The third-order valence-corrected chi connectivity index (χ3v) is 1.98. The van der Waals surface area contributed by atoms with E-state index in [2.05, 4.69) is 15.0 Å². The minimum atomic E-state index is 0.671. The summed E-state index contributed by atoms with van der Waals surface area (Å²) in [5, 5.41) is 3.57. The molecule has 4 heteroatoms. The maximum Gasteiger partial charge on any atom is 0.323 e. The van der Waals surface area contributed by atoms with E-state index in [1.165, 1.54) is 25.6 Å². The van der Waals surface area contributed by atoms with Crippen LogP contribution in [0.4, 0.5) is 6.01 Å². The molecule has 4 nitrogen and oxygen atoms in total. The normalized spacial score (nSPS) is 18.7. The Bertz CT molecular complexity index is 203. The molecule has 1 aliphatic rings. The van der Waals surface area contributed by atoms with Gasteiger partial charge in [0.1, 0.15) is 0 Å². The highest BCUT2D eigenvalue weighted by molar-refractivity contribution is 5.23. The molecule has 1 saturated heterocycles. The summed E-state index contributed by atoms with van der Waals surface area (Å²) in [6.45, 7) is 2.12. The summed E-state index contributed by atoms with van der Waals surface area (Å²) >= 11 is 0. The Morgan fingerprint density at radius 3 is 2.73 bits per heavy atom. The van der Waals surface area contributed by atoms with Crippen molar-refractivity contribution >= 4 is 6.01 Å². The smallest absolute Gasteiger partial charge is 0.323 e. The lowest BCUT2D eigenvalue weighted by atomic mass is 10.1. The van der Waals surface area contributed by atoms with Crippen LogP contribution in [0.1, 0.15) is 19.3 Å². The second-order valence-electron chi connectivity index (χ2n) is 2.77. The molecule has 0 amide bonds. The Balaban J connectivity index is 2.04. The van der Waals surface area contributed by atoms with Crippen molar-refractivity contribution in [3.8, 4) is 0 Å². The van der Waals surface area contributed by atoms with Gasteiger partial charge in [-0.1, -0.05) is 5.16 Å². The van der Waals surface area contributed by atoms with E-state index in [1.54, 1.807) is 0 Å². The van der Waals surface area contributed by atoms with Gasteiger partial charge in [0.15, 0.2) is 6.33 Å². The van der Waals surface area contributed by atoms with E-state index in [1.807, 2.05) is 0 Å². The van der Waals surface area contributed by atoms with Crippen molar-refractivity contribution < 1.29 is 4.52 Å². The van der Waals surface area contributed by atoms with E-state index in [0.29, 0.717) is 6.01 Å². The van der Waals surface area contributed by atoms with Gasteiger partial charge in [0.25, 0.3) is 0 Å². The first kappa shape index (κ1) is 6.64. The molecule has 2 rings (SSSR count). The fraction of sp³-hybridized carbons (Fsp3) is 0.714. The molecule has 2 heterocycles. The van der Waals surface area contributed by atoms with E-state index < -0.39 is 0 Å². The Morgan fingerprint density at radius 2 is 2.09 bits per heavy atom. The van der Waals surface area contributed by atoms with Crippen LogP contribution in [0.3, 0.4) is 0 Å². The zero-order valence-corrected chi connectivity index (χ0v) is 6.36. The lowest BCUT2D eigenvalue weighted by Gasteiger charge is -2.23. The van der Waals surface area contributed by atoms with Gasteiger partial charge in [0, 0.05) is 13.1 Å². The third-order valence-electron chi connectivity index (χ3n) is 1.98. The molecule has 0 aliphatic carbocycles. The maximum absolute atomic E-state index is 4.94. The Kier molecular flexibility index (Phi) is 1.75. The van der Waals surface area contributed by atoms with Gasteiger partial charge in [-0.15, -0.1) is 0 Å². The number of aromatic nitrogens is 2. The molecule has 0 atom stereocenters. The molecule has 0 aromatic carbocycles. The van der Waals surface area contributed by atoms with Crippen molar-refractivity contribution in [3.05, 3.63) is 6.33 Å². The molecule has 11 heavy (non-hydrogen) atoms. The van der Waals surface area contributed by atoms with Crippen molar-refractivity contribution in [3.63, 3.8) is 0 Å². The first-order valence-corrected chi connectivity index (χ1v) is 3.98. The first-order chi connectivity index (χ1) is 5.47. The molecular formula is C7H11N3O. The number of anilines is 1. The lowest BCUT2D eigenvalue weighted by Crippen LogP contribution is -2.29. The minimum absolute atomic E-state index is 0.671. The quantitative estimate of drug-likeness (QED) is 0.605. The zero-order valence-electron chi connectivity index (χ0n) is 6.36. The Morgan fingerprint density at radius 1 is 1.27 bits per heavy atom. The van der Waals surface area contributed by atoms with Crippen LogP contribution >= 0.6 is 0 Å². The summed E-state index contributed by atoms with van der Waals surface area (Å²) in [7, 11) is 0. The van der Waals surface area contributed by atoms with Gasteiger partial charge >= 0.3 is 6.01 Å². The van der Waals surface area contributed by atoms with Crippen LogP contribution in [-0.4, -0.2) is 23.2 Å². The third kappa shape index (κ3) is 1.34. The van der Waals surface area contributed by atoms with E-state index >= 15 is 0 Å². The van der Waals surface area contributed by atoms with Gasteiger partial charge in [0.2, 0.25) is 0 Å². The summed E-state index contributed by atoms with van der Waals surface area (Å²) in [5.74, 6) is 0. The molecular weight excluding hydrogens is 142 g/mol. The van der Waals surface area contributed by atoms with Crippen LogP contribution in [0.25, 0.3) is 0 Å². The molecule has 0 spiro atoms. The predicted molar refractivity (Wildman–Crippen MR) is 40.4 cm³/mol. The van der Waals surface area contributed by atoms with E-state index in [9.17, 15) is 0 Å². The van der Waals surface area contributed by atoms with Crippen LogP contribution in [0, 0.1) is 0 Å². The molecule has 1 aromatic heterocycles. The van der Waals surface area contributed by atoms with E-state index in [4.69, 9.17) is 4.52 Å². The molecule has 0 bridgehead atoms. The number of nitrogens with zero attached hydrogens (tertiary/aromatic N) is 3. The molecule has 1 fully saturated rings. The molecule has 0 saturated carbocycles. The Hall–Kier alpha value is -1.06. The molecule has 1 aliphatic heterocycles. The highest BCUT2D eigenvalue weighted by Crippen LogP contribution is 2.15. The number of hydrogen-bond donors (Lipinski definition) is 0. The van der Waals surface area contributed by atoms with Gasteiger partial charge in [-0.05, 0) is 19.3 Å². The van der Waals surface area contributed by atoms with Crippen molar-refractivity contribution in [2.45, 2.75) is 19.3 Å². The SMILES string of the molecule is c1noc(N2CCCCC2)n1.